The van der Waals surface area contributed by atoms with Crippen molar-refractivity contribution in [3.63, 3.8) is 0 Å². The van der Waals surface area contributed by atoms with Gasteiger partial charge < -0.3 is 10.5 Å². The minimum atomic E-state index is -3.23. The van der Waals surface area contributed by atoms with E-state index in [-0.39, 0.29) is 11.7 Å². The van der Waals surface area contributed by atoms with E-state index in [4.69, 9.17) is 10.5 Å². The van der Waals surface area contributed by atoms with E-state index in [0.29, 0.717) is 24.6 Å². The van der Waals surface area contributed by atoms with Crippen LogP contribution in [0.3, 0.4) is 0 Å². The van der Waals surface area contributed by atoms with Crippen LogP contribution in [0.1, 0.15) is 6.92 Å². The maximum atomic E-state index is 11.8. The third-order valence-corrected chi connectivity index (χ3v) is 5.18. The van der Waals surface area contributed by atoms with Crippen LogP contribution in [0.2, 0.25) is 0 Å². The van der Waals surface area contributed by atoms with Gasteiger partial charge in [0.05, 0.1) is 5.75 Å². The number of nitrogens with two attached hydrogens (primary N) is 1. The number of hydrogen-bond donors (Lipinski definition) is 2. The highest BCUT2D eigenvalue weighted by Crippen LogP contribution is 2.20. The molecule has 1 aromatic carbocycles. The first-order valence-electron chi connectivity index (χ1n) is 6.37. The van der Waals surface area contributed by atoms with E-state index in [1.54, 1.807) is 13.2 Å². The summed E-state index contributed by atoms with van der Waals surface area (Å²) in [6, 6.07) is 7.42. The molecule has 1 unspecified atom stereocenters. The summed E-state index contributed by atoms with van der Waals surface area (Å²) in [4.78, 5) is 0.980. The van der Waals surface area contributed by atoms with E-state index in [2.05, 4.69) is 4.72 Å². The molecule has 0 aliphatic heterocycles. The summed E-state index contributed by atoms with van der Waals surface area (Å²) < 4.78 is 31.2. The lowest BCUT2D eigenvalue weighted by Gasteiger charge is -2.11. The van der Waals surface area contributed by atoms with Crippen molar-refractivity contribution in [3.8, 4) is 0 Å². The molecule has 1 aromatic rings. The molecule has 114 valence electrons. The molecule has 0 aliphatic carbocycles. The molecule has 20 heavy (non-hydrogen) atoms. The Hall–Kier alpha value is -0.760. The maximum absolute atomic E-state index is 11.8. The smallest absolute Gasteiger partial charge is 0.212 e. The normalized spacial score (nSPS) is 13.3. The Morgan fingerprint density at radius 1 is 1.45 bits per heavy atom. The summed E-state index contributed by atoms with van der Waals surface area (Å²) in [6.45, 7) is 2.88. The lowest BCUT2D eigenvalue weighted by atomic mass is 10.2. The summed E-state index contributed by atoms with van der Waals surface area (Å²) in [5, 5.41) is 0. The number of benzene rings is 1. The molecule has 0 bridgehead atoms. The van der Waals surface area contributed by atoms with Crippen molar-refractivity contribution < 1.29 is 13.2 Å². The Morgan fingerprint density at radius 3 is 2.85 bits per heavy atom. The molecule has 0 spiro atoms. The van der Waals surface area contributed by atoms with Crippen LogP contribution in [0.25, 0.3) is 0 Å². The van der Waals surface area contributed by atoms with E-state index in [0.717, 1.165) is 4.90 Å². The van der Waals surface area contributed by atoms with E-state index in [1.165, 1.54) is 11.8 Å². The number of methoxy groups -OCH3 is 1. The van der Waals surface area contributed by atoms with Gasteiger partial charge in [-0.3, -0.25) is 0 Å². The first-order chi connectivity index (χ1) is 9.43. The molecule has 7 heteroatoms. The van der Waals surface area contributed by atoms with Crippen molar-refractivity contribution in [1.29, 1.82) is 0 Å². The molecule has 0 saturated carbocycles. The van der Waals surface area contributed by atoms with Crippen molar-refractivity contribution in [2.45, 2.75) is 11.8 Å². The minimum absolute atomic E-state index is 0.0895. The van der Waals surface area contributed by atoms with Gasteiger partial charge in [0.25, 0.3) is 0 Å². The van der Waals surface area contributed by atoms with Crippen molar-refractivity contribution in [2.75, 3.05) is 37.5 Å². The van der Waals surface area contributed by atoms with Gasteiger partial charge in [0.15, 0.2) is 0 Å². The van der Waals surface area contributed by atoms with Gasteiger partial charge in [-0.05, 0) is 24.1 Å². The second kappa shape index (κ2) is 8.51. The van der Waals surface area contributed by atoms with Gasteiger partial charge in [0, 0.05) is 36.6 Å². The van der Waals surface area contributed by atoms with Crippen LogP contribution in [0, 0.1) is 5.92 Å². The van der Waals surface area contributed by atoms with Gasteiger partial charge >= 0.3 is 0 Å². The molecule has 0 aromatic heterocycles. The Bertz CT molecular complexity index is 506. The predicted molar refractivity (Wildman–Crippen MR) is 84.4 cm³/mol. The fourth-order valence-corrected chi connectivity index (χ4v) is 4.08. The lowest BCUT2D eigenvalue weighted by molar-refractivity contribution is 0.161. The Kier molecular flexibility index (Phi) is 7.36. The van der Waals surface area contributed by atoms with Crippen LogP contribution in [0.15, 0.2) is 29.2 Å². The summed E-state index contributed by atoms with van der Waals surface area (Å²) in [5.41, 5.74) is 6.35. The van der Waals surface area contributed by atoms with E-state index >= 15 is 0 Å². The molecular formula is C13H22N2O3S2. The molecule has 0 aliphatic rings. The number of rotatable bonds is 9. The number of sulfonamides is 1. The Morgan fingerprint density at radius 2 is 2.20 bits per heavy atom. The molecule has 1 rings (SSSR count). The third kappa shape index (κ3) is 7.14. The molecule has 0 radical (unpaired) electrons. The van der Waals surface area contributed by atoms with Gasteiger partial charge in [-0.25, -0.2) is 13.1 Å². The molecule has 3 N–H and O–H groups in total. The van der Waals surface area contributed by atoms with Crippen molar-refractivity contribution in [2.24, 2.45) is 5.92 Å². The van der Waals surface area contributed by atoms with Crippen molar-refractivity contribution in [3.05, 3.63) is 24.3 Å². The van der Waals surface area contributed by atoms with E-state index in [9.17, 15) is 8.42 Å². The van der Waals surface area contributed by atoms with Crippen LogP contribution in [-0.2, 0) is 14.8 Å². The molecule has 0 amide bonds. The second-order valence-electron chi connectivity index (χ2n) is 4.65. The largest absolute Gasteiger partial charge is 0.399 e. The zero-order valence-corrected chi connectivity index (χ0v) is 13.5. The SMILES string of the molecule is COCC(C)CNS(=O)(=O)CCSc1cccc(N)c1. The molecule has 1 atom stereocenters. The Balaban J connectivity index is 2.32. The van der Waals surface area contributed by atoms with Crippen molar-refractivity contribution >= 4 is 27.5 Å². The molecular weight excluding hydrogens is 296 g/mol. The van der Waals surface area contributed by atoms with E-state index in [1.807, 2.05) is 25.1 Å². The number of anilines is 1. The second-order valence-corrected chi connectivity index (χ2v) is 7.74. The molecule has 0 heterocycles. The van der Waals surface area contributed by atoms with Crippen LogP contribution in [0.5, 0.6) is 0 Å². The number of hydrogen-bond acceptors (Lipinski definition) is 5. The van der Waals surface area contributed by atoms with Crippen LogP contribution in [0.4, 0.5) is 5.69 Å². The highest BCUT2D eigenvalue weighted by atomic mass is 32.2. The monoisotopic (exact) mass is 318 g/mol. The van der Waals surface area contributed by atoms with E-state index < -0.39 is 10.0 Å². The number of thioether (sulfide) groups is 1. The standard InChI is InChI=1S/C13H22N2O3S2/c1-11(10-18-2)9-15-20(16,17)7-6-19-13-5-3-4-12(14)8-13/h3-5,8,11,15H,6-7,9-10,14H2,1-2H3. The van der Waals surface area contributed by atoms with Crippen molar-refractivity contribution in [1.82, 2.24) is 4.72 Å². The zero-order chi connectivity index (χ0) is 15.0. The van der Waals surface area contributed by atoms with Crippen LogP contribution in [-0.4, -0.2) is 40.2 Å². The van der Waals surface area contributed by atoms with Gasteiger partial charge in [-0.15, -0.1) is 11.8 Å². The zero-order valence-electron chi connectivity index (χ0n) is 11.8. The quantitative estimate of drug-likeness (QED) is 0.533. The average molecular weight is 318 g/mol. The van der Waals surface area contributed by atoms with Gasteiger partial charge in [-0.1, -0.05) is 13.0 Å². The molecule has 0 fully saturated rings. The first kappa shape index (κ1) is 17.3. The highest BCUT2D eigenvalue weighted by Gasteiger charge is 2.12. The van der Waals surface area contributed by atoms with Gasteiger partial charge in [0.1, 0.15) is 0 Å². The fraction of sp³-hybridized carbons (Fsp3) is 0.538. The summed E-state index contributed by atoms with van der Waals surface area (Å²) in [5.74, 6) is 0.750. The molecule has 0 saturated heterocycles. The average Bonchev–Trinajstić information content (AvgIpc) is 2.37. The lowest BCUT2D eigenvalue weighted by Crippen LogP contribution is -2.32. The van der Waals surface area contributed by atoms with Gasteiger partial charge in [-0.2, -0.15) is 0 Å². The summed E-state index contributed by atoms with van der Waals surface area (Å²) in [7, 11) is -1.63. The maximum Gasteiger partial charge on any atom is 0.212 e. The number of nitrogens with one attached hydrogen (secondary N) is 1. The van der Waals surface area contributed by atoms with Crippen LogP contribution < -0.4 is 10.5 Å². The third-order valence-electron chi connectivity index (χ3n) is 2.58. The molecule has 5 nitrogen and oxygen atoms in total. The minimum Gasteiger partial charge on any atom is -0.399 e. The summed E-state index contributed by atoms with van der Waals surface area (Å²) in [6.07, 6.45) is 0. The van der Waals surface area contributed by atoms with Crippen LogP contribution >= 0.6 is 11.8 Å². The highest BCUT2D eigenvalue weighted by molar-refractivity contribution is 8.00. The number of nitrogen functional groups attached to an aromatic ring is 1. The fourth-order valence-electron chi connectivity index (χ4n) is 1.56. The summed E-state index contributed by atoms with van der Waals surface area (Å²) >= 11 is 1.48. The number of ether oxygens (including phenoxy) is 1. The first-order valence-corrected chi connectivity index (χ1v) is 9.01. The Labute approximate surface area is 125 Å². The van der Waals surface area contributed by atoms with Gasteiger partial charge in [0.2, 0.25) is 10.0 Å². The topological polar surface area (TPSA) is 81.4 Å². The predicted octanol–water partition coefficient (Wildman–Crippen LogP) is 1.56.